The van der Waals surface area contributed by atoms with Crippen LogP contribution in [0.3, 0.4) is 0 Å². The van der Waals surface area contributed by atoms with Crippen molar-refractivity contribution in [1.82, 2.24) is 9.59 Å². The molecule has 1 aromatic heterocycles. The molecule has 1 aromatic carbocycles. The van der Waals surface area contributed by atoms with Crippen LogP contribution in [0.4, 0.5) is 0 Å². The Labute approximate surface area is 102 Å². The topological polar surface area (TPSA) is 55.2 Å². The fraction of sp³-hybridized carbons (Fsp3) is 0.200. The SMILES string of the molecule is COc1cc(C(O)c2cnns2)ccc1Cl. The van der Waals surface area contributed by atoms with E-state index in [-0.39, 0.29) is 0 Å². The Balaban J connectivity index is 2.34. The highest BCUT2D eigenvalue weighted by molar-refractivity contribution is 7.05. The smallest absolute Gasteiger partial charge is 0.137 e. The van der Waals surface area contributed by atoms with E-state index in [1.54, 1.807) is 18.2 Å². The predicted octanol–water partition coefficient (Wildman–Crippen LogP) is 2.28. The van der Waals surface area contributed by atoms with Gasteiger partial charge in [0.2, 0.25) is 0 Å². The van der Waals surface area contributed by atoms with Crippen molar-refractivity contribution in [3.8, 4) is 5.75 Å². The summed E-state index contributed by atoms with van der Waals surface area (Å²) in [6.07, 6.45) is 0.794. The van der Waals surface area contributed by atoms with Crippen molar-refractivity contribution < 1.29 is 9.84 Å². The van der Waals surface area contributed by atoms with Gasteiger partial charge in [0, 0.05) is 0 Å². The van der Waals surface area contributed by atoms with Crippen molar-refractivity contribution in [2.24, 2.45) is 0 Å². The highest BCUT2D eigenvalue weighted by Gasteiger charge is 2.14. The van der Waals surface area contributed by atoms with Gasteiger partial charge in [0.1, 0.15) is 11.9 Å². The molecule has 0 aliphatic rings. The van der Waals surface area contributed by atoms with Gasteiger partial charge in [-0.2, -0.15) is 0 Å². The fourth-order valence-corrected chi connectivity index (χ4v) is 2.02. The third kappa shape index (κ3) is 2.16. The molecule has 0 aliphatic heterocycles. The summed E-state index contributed by atoms with van der Waals surface area (Å²) in [5.74, 6) is 0.538. The molecule has 0 saturated carbocycles. The van der Waals surface area contributed by atoms with E-state index in [1.165, 1.54) is 13.3 Å². The molecule has 0 aliphatic carbocycles. The summed E-state index contributed by atoms with van der Waals surface area (Å²) >= 11 is 7.06. The first kappa shape index (κ1) is 11.3. The lowest BCUT2D eigenvalue weighted by Gasteiger charge is -2.10. The minimum absolute atomic E-state index is 0.515. The molecule has 16 heavy (non-hydrogen) atoms. The summed E-state index contributed by atoms with van der Waals surface area (Å²) in [5.41, 5.74) is 0.701. The minimum atomic E-state index is -0.744. The largest absolute Gasteiger partial charge is 0.495 e. The number of hydrogen-bond acceptors (Lipinski definition) is 5. The molecule has 0 bridgehead atoms. The van der Waals surface area contributed by atoms with Crippen LogP contribution in [0.25, 0.3) is 0 Å². The minimum Gasteiger partial charge on any atom is -0.495 e. The molecule has 0 fully saturated rings. The summed E-state index contributed by atoms with van der Waals surface area (Å²) in [5, 5.41) is 14.2. The molecule has 0 amide bonds. The standard InChI is InChI=1S/C10H9ClN2O2S/c1-15-8-4-6(2-3-7(8)11)10(14)9-5-12-13-16-9/h2-5,10,14H,1H3. The summed E-state index contributed by atoms with van der Waals surface area (Å²) in [6.45, 7) is 0. The zero-order valence-electron chi connectivity index (χ0n) is 8.42. The number of nitrogens with zero attached hydrogens (tertiary/aromatic N) is 2. The van der Waals surface area contributed by atoms with Gasteiger partial charge in [-0.05, 0) is 29.2 Å². The molecule has 0 radical (unpaired) electrons. The fourth-order valence-electron chi connectivity index (χ4n) is 1.31. The van der Waals surface area contributed by atoms with Gasteiger partial charge in [0.15, 0.2) is 0 Å². The zero-order chi connectivity index (χ0) is 11.5. The number of hydrogen-bond donors (Lipinski definition) is 1. The Morgan fingerprint density at radius 3 is 2.94 bits per heavy atom. The van der Waals surface area contributed by atoms with E-state index in [0.29, 0.717) is 21.2 Å². The average molecular weight is 257 g/mol. The number of aliphatic hydroxyl groups excluding tert-OH is 1. The number of aliphatic hydroxyl groups is 1. The lowest BCUT2D eigenvalue weighted by molar-refractivity contribution is 0.223. The number of benzene rings is 1. The maximum atomic E-state index is 10.0. The molecule has 2 aromatic rings. The van der Waals surface area contributed by atoms with Gasteiger partial charge >= 0.3 is 0 Å². The van der Waals surface area contributed by atoms with Crippen LogP contribution in [0.15, 0.2) is 24.4 Å². The first-order chi connectivity index (χ1) is 7.72. The van der Waals surface area contributed by atoms with Gasteiger partial charge in [-0.1, -0.05) is 22.2 Å². The average Bonchev–Trinajstić information content (AvgIpc) is 2.82. The van der Waals surface area contributed by atoms with Crippen LogP contribution < -0.4 is 4.74 Å². The third-order valence-electron chi connectivity index (χ3n) is 2.14. The highest BCUT2D eigenvalue weighted by Crippen LogP contribution is 2.30. The van der Waals surface area contributed by atoms with Crippen molar-refractivity contribution in [2.45, 2.75) is 6.10 Å². The molecule has 84 valence electrons. The zero-order valence-corrected chi connectivity index (χ0v) is 10.00. The number of halogens is 1. The number of aromatic nitrogens is 2. The Bertz CT molecular complexity index is 476. The lowest BCUT2D eigenvalue weighted by atomic mass is 10.1. The van der Waals surface area contributed by atoms with E-state index in [9.17, 15) is 5.11 Å². The van der Waals surface area contributed by atoms with Crippen LogP contribution in [-0.4, -0.2) is 21.8 Å². The van der Waals surface area contributed by atoms with Crippen molar-refractivity contribution in [3.05, 3.63) is 39.9 Å². The maximum Gasteiger partial charge on any atom is 0.137 e. The molecule has 0 spiro atoms. The molecule has 1 unspecified atom stereocenters. The van der Waals surface area contributed by atoms with Crippen molar-refractivity contribution in [2.75, 3.05) is 7.11 Å². The maximum absolute atomic E-state index is 10.0. The van der Waals surface area contributed by atoms with Crippen LogP contribution in [0, 0.1) is 0 Å². The predicted molar refractivity (Wildman–Crippen MR) is 62.0 cm³/mol. The van der Waals surface area contributed by atoms with Crippen molar-refractivity contribution in [3.63, 3.8) is 0 Å². The Morgan fingerprint density at radius 2 is 2.31 bits per heavy atom. The van der Waals surface area contributed by atoms with E-state index in [2.05, 4.69) is 9.59 Å². The highest BCUT2D eigenvalue weighted by atomic mass is 35.5. The second-order valence-electron chi connectivity index (χ2n) is 3.12. The van der Waals surface area contributed by atoms with Gasteiger partial charge in [0.05, 0.1) is 23.2 Å². The lowest BCUT2D eigenvalue weighted by Crippen LogP contribution is -1.98. The van der Waals surface area contributed by atoms with E-state index < -0.39 is 6.10 Å². The van der Waals surface area contributed by atoms with Gasteiger partial charge in [0.25, 0.3) is 0 Å². The number of ether oxygens (including phenoxy) is 1. The van der Waals surface area contributed by atoms with Gasteiger partial charge in [-0.15, -0.1) is 5.10 Å². The number of rotatable bonds is 3. The van der Waals surface area contributed by atoms with Crippen molar-refractivity contribution >= 4 is 23.1 Å². The van der Waals surface area contributed by atoms with Gasteiger partial charge < -0.3 is 9.84 Å². The normalized spacial score (nSPS) is 12.4. The van der Waals surface area contributed by atoms with E-state index >= 15 is 0 Å². The third-order valence-corrected chi connectivity index (χ3v) is 3.17. The second kappa shape index (κ2) is 4.78. The molecule has 6 heteroatoms. The summed E-state index contributed by atoms with van der Waals surface area (Å²) < 4.78 is 8.79. The quantitative estimate of drug-likeness (QED) is 0.915. The molecule has 1 N–H and O–H groups in total. The van der Waals surface area contributed by atoms with Crippen LogP contribution >= 0.6 is 23.1 Å². The van der Waals surface area contributed by atoms with Crippen LogP contribution in [-0.2, 0) is 0 Å². The summed E-state index contributed by atoms with van der Waals surface area (Å²) in [7, 11) is 1.53. The van der Waals surface area contributed by atoms with E-state index in [0.717, 1.165) is 11.5 Å². The van der Waals surface area contributed by atoms with Gasteiger partial charge in [-0.3, -0.25) is 0 Å². The summed E-state index contributed by atoms with van der Waals surface area (Å²) in [4.78, 5) is 0.685. The second-order valence-corrected chi connectivity index (χ2v) is 4.34. The molecule has 4 nitrogen and oxygen atoms in total. The molecule has 0 saturated heterocycles. The first-order valence-corrected chi connectivity index (χ1v) is 5.66. The molecule has 2 rings (SSSR count). The Kier molecular flexibility index (Phi) is 3.38. The summed E-state index contributed by atoms with van der Waals surface area (Å²) in [6, 6.07) is 5.13. The van der Waals surface area contributed by atoms with E-state index in [1.807, 2.05) is 0 Å². The first-order valence-electron chi connectivity index (χ1n) is 4.51. The molecular formula is C10H9ClN2O2S. The van der Waals surface area contributed by atoms with Crippen LogP contribution in [0.1, 0.15) is 16.5 Å². The van der Waals surface area contributed by atoms with Crippen LogP contribution in [0.2, 0.25) is 5.02 Å². The van der Waals surface area contributed by atoms with Crippen molar-refractivity contribution in [1.29, 1.82) is 0 Å². The Hall–Kier alpha value is -1.17. The monoisotopic (exact) mass is 256 g/mol. The molecule has 1 atom stereocenters. The Morgan fingerprint density at radius 1 is 1.50 bits per heavy atom. The molecular weight excluding hydrogens is 248 g/mol. The van der Waals surface area contributed by atoms with Gasteiger partial charge in [-0.25, -0.2) is 0 Å². The van der Waals surface area contributed by atoms with E-state index in [4.69, 9.17) is 16.3 Å². The van der Waals surface area contributed by atoms with Crippen LogP contribution in [0.5, 0.6) is 5.75 Å². The molecule has 1 heterocycles. The number of methoxy groups -OCH3 is 1.